The number of fused-ring (bicyclic) bond motifs is 1. The van der Waals surface area contributed by atoms with Gasteiger partial charge in [-0.15, -0.1) is 0 Å². The number of ether oxygens (including phenoxy) is 1. The lowest BCUT2D eigenvalue weighted by atomic mass is 10.1. The summed E-state index contributed by atoms with van der Waals surface area (Å²) in [6.45, 7) is 6.21. The Kier molecular flexibility index (Phi) is 5.76. The third kappa shape index (κ3) is 4.47. The van der Waals surface area contributed by atoms with Crippen LogP contribution in [0.1, 0.15) is 43.2 Å². The molecule has 3 rings (SSSR count). The SMILES string of the molecule is CN(C)C(=O)c1cc(Br)c2[nH]c(C3=CCCN(C(=O)OC(C)(C)C)C3)c(F)c2c1. The number of nitrogens with one attached hydrogen (secondary N) is 1. The van der Waals surface area contributed by atoms with Crippen molar-refractivity contribution in [2.45, 2.75) is 32.8 Å². The molecule has 29 heavy (non-hydrogen) atoms. The fourth-order valence-corrected chi connectivity index (χ4v) is 3.79. The summed E-state index contributed by atoms with van der Waals surface area (Å²) in [4.78, 5) is 30.8. The number of benzene rings is 1. The van der Waals surface area contributed by atoms with Crippen LogP contribution in [0.2, 0.25) is 0 Å². The summed E-state index contributed by atoms with van der Waals surface area (Å²) >= 11 is 3.43. The zero-order valence-corrected chi connectivity index (χ0v) is 18.8. The van der Waals surface area contributed by atoms with Crippen LogP contribution in [0.3, 0.4) is 0 Å². The molecule has 0 saturated carbocycles. The second kappa shape index (κ2) is 7.82. The summed E-state index contributed by atoms with van der Waals surface area (Å²) < 4.78 is 21.3. The molecule has 1 aliphatic rings. The molecule has 2 heterocycles. The first-order valence-electron chi connectivity index (χ1n) is 9.37. The van der Waals surface area contributed by atoms with Crippen molar-refractivity contribution in [2.24, 2.45) is 0 Å². The van der Waals surface area contributed by atoms with Crippen LogP contribution in [-0.2, 0) is 4.74 Å². The van der Waals surface area contributed by atoms with Crippen LogP contribution in [0.5, 0.6) is 0 Å². The molecule has 6 nitrogen and oxygen atoms in total. The topological polar surface area (TPSA) is 65.6 Å². The van der Waals surface area contributed by atoms with E-state index < -0.39 is 17.5 Å². The predicted octanol–water partition coefficient (Wildman–Crippen LogP) is 4.80. The molecule has 0 unspecified atom stereocenters. The zero-order valence-electron chi connectivity index (χ0n) is 17.2. The van der Waals surface area contributed by atoms with Crippen LogP contribution in [0.15, 0.2) is 22.7 Å². The number of aromatic nitrogens is 1. The van der Waals surface area contributed by atoms with Crippen LogP contribution < -0.4 is 0 Å². The highest BCUT2D eigenvalue weighted by atomic mass is 79.9. The lowest BCUT2D eigenvalue weighted by Gasteiger charge is -2.30. The number of carbonyl (C=O) groups is 2. The monoisotopic (exact) mass is 465 g/mol. The van der Waals surface area contributed by atoms with Gasteiger partial charge in [0.05, 0.1) is 17.8 Å². The van der Waals surface area contributed by atoms with Crippen molar-refractivity contribution >= 4 is 44.4 Å². The Hall–Kier alpha value is -2.35. The van der Waals surface area contributed by atoms with Gasteiger partial charge in [-0.25, -0.2) is 9.18 Å². The molecule has 2 aromatic rings. The average Bonchev–Trinajstić information content (AvgIpc) is 2.97. The van der Waals surface area contributed by atoms with Crippen molar-refractivity contribution in [1.82, 2.24) is 14.8 Å². The maximum Gasteiger partial charge on any atom is 0.410 e. The summed E-state index contributed by atoms with van der Waals surface area (Å²) in [5, 5.41) is 0.329. The molecule has 0 fully saturated rings. The lowest BCUT2D eigenvalue weighted by Crippen LogP contribution is -2.39. The van der Waals surface area contributed by atoms with E-state index in [0.717, 1.165) is 0 Å². The van der Waals surface area contributed by atoms with Gasteiger partial charge in [0.2, 0.25) is 0 Å². The van der Waals surface area contributed by atoms with E-state index in [9.17, 15) is 9.59 Å². The van der Waals surface area contributed by atoms with Crippen LogP contribution in [-0.4, -0.2) is 59.6 Å². The number of hydrogen-bond donors (Lipinski definition) is 1. The molecule has 0 radical (unpaired) electrons. The Morgan fingerprint density at radius 3 is 2.59 bits per heavy atom. The summed E-state index contributed by atoms with van der Waals surface area (Å²) in [5.74, 6) is -0.644. The molecule has 0 saturated heterocycles. The summed E-state index contributed by atoms with van der Waals surface area (Å²) in [5.41, 5.74) is 1.38. The number of nitrogens with zero attached hydrogens (tertiary/aromatic N) is 2. The van der Waals surface area contributed by atoms with Gasteiger partial charge in [-0.1, -0.05) is 6.08 Å². The van der Waals surface area contributed by atoms with Gasteiger partial charge in [0.25, 0.3) is 5.91 Å². The number of hydrogen-bond acceptors (Lipinski definition) is 3. The molecule has 8 heteroatoms. The molecule has 0 aliphatic carbocycles. The molecule has 0 bridgehead atoms. The van der Waals surface area contributed by atoms with Gasteiger partial charge < -0.3 is 19.5 Å². The third-order valence-electron chi connectivity index (χ3n) is 4.57. The van der Waals surface area contributed by atoms with Gasteiger partial charge >= 0.3 is 6.09 Å². The van der Waals surface area contributed by atoms with Crippen LogP contribution in [0.25, 0.3) is 16.5 Å². The molecule has 0 atom stereocenters. The number of amides is 2. The number of halogens is 2. The van der Waals surface area contributed by atoms with Crippen LogP contribution >= 0.6 is 15.9 Å². The number of carbonyl (C=O) groups excluding carboxylic acids is 2. The van der Waals surface area contributed by atoms with Crippen LogP contribution in [0, 0.1) is 5.82 Å². The van der Waals surface area contributed by atoms with Crippen molar-refractivity contribution < 1.29 is 18.7 Å². The van der Waals surface area contributed by atoms with E-state index in [0.29, 0.717) is 45.2 Å². The largest absolute Gasteiger partial charge is 0.444 e. The minimum absolute atomic E-state index is 0.206. The Bertz CT molecular complexity index is 1000. The first kappa shape index (κ1) is 21.4. The molecular weight excluding hydrogens is 441 g/mol. The number of H-pyrrole nitrogens is 1. The van der Waals surface area contributed by atoms with Crippen molar-refractivity contribution in [3.63, 3.8) is 0 Å². The minimum atomic E-state index is -0.592. The van der Waals surface area contributed by atoms with Gasteiger partial charge in [-0.05, 0) is 60.8 Å². The molecule has 1 aromatic carbocycles. The van der Waals surface area contributed by atoms with Gasteiger partial charge in [0.1, 0.15) is 5.60 Å². The smallest absolute Gasteiger partial charge is 0.410 e. The van der Waals surface area contributed by atoms with Crippen molar-refractivity contribution in [3.8, 4) is 0 Å². The standard InChI is InChI=1S/C21H25BrFN3O3/c1-21(2,3)29-20(28)26-8-6-7-12(11-26)17-16(23)14-9-13(19(27)25(4)5)10-15(22)18(14)24-17/h7,9-10,24H,6,8,11H2,1-5H3. The average molecular weight is 466 g/mol. The second-order valence-corrected chi connectivity index (χ2v) is 9.17. The molecule has 156 valence electrons. The predicted molar refractivity (Wildman–Crippen MR) is 114 cm³/mol. The van der Waals surface area contributed by atoms with Crippen molar-refractivity contribution in [3.05, 3.63) is 39.8 Å². The Morgan fingerprint density at radius 2 is 1.97 bits per heavy atom. The Morgan fingerprint density at radius 1 is 1.28 bits per heavy atom. The van der Waals surface area contributed by atoms with Crippen molar-refractivity contribution in [2.75, 3.05) is 27.2 Å². The summed E-state index contributed by atoms with van der Waals surface area (Å²) in [6, 6.07) is 3.22. The quantitative estimate of drug-likeness (QED) is 0.692. The maximum atomic E-state index is 15.3. The normalized spacial score (nSPS) is 14.7. The van der Waals surface area contributed by atoms with Gasteiger partial charge in [-0.3, -0.25) is 4.79 Å². The fraction of sp³-hybridized carbons (Fsp3) is 0.429. The van der Waals surface area contributed by atoms with E-state index in [1.165, 1.54) is 4.90 Å². The van der Waals surface area contributed by atoms with Gasteiger partial charge in [0, 0.05) is 36.1 Å². The number of rotatable bonds is 2. The highest BCUT2D eigenvalue weighted by Gasteiger charge is 2.27. The zero-order chi connectivity index (χ0) is 21.5. The van der Waals surface area contributed by atoms with Crippen LogP contribution in [0.4, 0.5) is 9.18 Å². The summed E-state index contributed by atoms with van der Waals surface area (Å²) in [7, 11) is 3.30. The maximum absolute atomic E-state index is 15.3. The minimum Gasteiger partial charge on any atom is -0.444 e. The molecular formula is C21H25BrFN3O3. The van der Waals surface area contributed by atoms with E-state index >= 15 is 4.39 Å². The van der Waals surface area contributed by atoms with E-state index in [1.54, 1.807) is 31.1 Å². The van der Waals surface area contributed by atoms with Gasteiger partial charge in [0.15, 0.2) is 5.82 Å². The molecule has 1 N–H and O–H groups in total. The molecule has 1 aromatic heterocycles. The molecule has 0 spiro atoms. The van der Waals surface area contributed by atoms with E-state index in [4.69, 9.17) is 4.74 Å². The molecule has 2 amide bonds. The Labute approximate surface area is 177 Å². The highest BCUT2D eigenvalue weighted by molar-refractivity contribution is 9.10. The first-order chi connectivity index (χ1) is 13.5. The highest BCUT2D eigenvalue weighted by Crippen LogP contribution is 2.33. The second-order valence-electron chi connectivity index (χ2n) is 8.31. The van der Waals surface area contributed by atoms with E-state index in [2.05, 4.69) is 20.9 Å². The van der Waals surface area contributed by atoms with Gasteiger partial charge in [-0.2, -0.15) is 0 Å². The fourth-order valence-electron chi connectivity index (χ4n) is 3.23. The van der Waals surface area contributed by atoms with Crippen molar-refractivity contribution in [1.29, 1.82) is 0 Å². The molecule has 1 aliphatic heterocycles. The number of aromatic amines is 1. The third-order valence-corrected chi connectivity index (χ3v) is 5.20. The summed E-state index contributed by atoms with van der Waals surface area (Å²) in [6.07, 6.45) is 2.11. The Balaban J connectivity index is 1.95. The van der Waals surface area contributed by atoms with E-state index in [1.807, 2.05) is 26.8 Å². The van der Waals surface area contributed by atoms with E-state index in [-0.39, 0.29) is 12.5 Å². The lowest BCUT2D eigenvalue weighted by molar-refractivity contribution is 0.0272. The first-order valence-corrected chi connectivity index (χ1v) is 10.2.